The van der Waals surface area contributed by atoms with Gasteiger partial charge in [-0.3, -0.25) is 0 Å². The number of ether oxygens (including phenoxy) is 1. The van der Waals surface area contributed by atoms with Crippen LogP contribution in [0.3, 0.4) is 0 Å². The molecule has 1 atom stereocenters. The quantitative estimate of drug-likeness (QED) is 0.539. The average Bonchev–Trinajstić information content (AvgIpc) is 3.03. The number of benzene rings is 2. The van der Waals surface area contributed by atoms with Crippen molar-refractivity contribution in [1.29, 1.82) is 0 Å². The third kappa shape index (κ3) is 4.20. The molecule has 3 nitrogen and oxygen atoms in total. The predicted octanol–water partition coefficient (Wildman–Crippen LogP) is 4.28. The van der Waals surface area contributed by atoms with Crippen molar-refractivity contribution in [3.8, 4) is 23.3 Å². The molecule has 0 saturated heterocycles. The molecule has 3 aromatic rings. The number of halogens is 1. The number of aromatic nitrogens is 1. The fourth-order valence-corrected chi connectivity index (χ4v) is 2.79. The van der Waals surface area contributed by atoms with E-state index in [-0.39, 0.29) is 11.9 Å². The SMILES string of the molecule is CC#CC(N)CCCOc1ccc2c(ccn2-c2ccc(F)cc2)c1. The van der Waals surface area contributed by atoms with Crippen molar-refractivity contribution < 1.29 is 9.13 Å². The van der Waals surface area contributed by atoms with Crippen LogP contribution < -0.4 is 10.5 Å². The van der Waals surface area contributed by atoms with Gasteiger partial charge in [0.25, 0.3) is 0 Å². The number of nitrogens with two attached hydrogens (primary N) is 1. The molecule has 2 aromatic carbocycles. The first-order chi connectivity index (χ1) is 12.2. The van der Waals surface area contributed by atoms with E-state index in [1.807, 2.05) is 35.0 Å². The van der Waals surface area contributed by atoms with Crippen LogP contribution in [0.15, 0.2) is 54.7 Å². The molecule has 2 N–H and O–H groups in total. The van der Waals surface area contributed by atoms with E-state index in [2.05, 4.69) is 11.8 Å². The van der Waals surface area contributed by atoms with Crippen molar-refractivity contribution in [3.63, 3.8) is 0 Å². The van der Waals surface area contributed by atoms with E-state index in [9.17, 15) is 4.39 Å². The summed E-state index contributed by atoms with van der Waals surface area (Å²) in [5, 5.41) is 1.08. The lowest BCUT2D eigenvalue weighted by atomic mass is 10.2. The van der Waals surface area contributed by atoms with Crippen molar-refractivity contribution >= 4 is 10.9 Å². The van der Waals surface area contributed by atoms with Crippen molar-refractivity contribution in [2.75, 3.05) is 6.61 Å². The summed E-state index contributed by atoms with van der Waals surface area (Å²) in [6.45, 7) is 2.41. The highest BCUT2D eigenvalue weighted by atomic mass is 19.1. The Morgan fingerprint density at radius 3 is 2.72 bits per heavy atom. The van der Waals surface area contributed by atoms with E-state index < -0.39 is 0 Å². The lowest BCUT2D eigenvalue weighted by molar-refractivity contribution is 0.305. The second kappa shape index (κ2) is 7.87. The summed E-state index contributed by atoms with van der Waals surface area (Å²) in [4.78, 5) is 0. The number of rotatable bonds is 6. The van der Waals surface area contributed by atoms with Gasteiger partial charge in [-0.05, 0) is 68.3 Å². The summed E-state index contributed by atoms with van der Waals surface area (Å²) < 4.78 is 20.9. The maximum Gasteiger partial charge on any atom is 0.123 e. The molecule has 1 aromatic heterocycles. The Balaban J connectivity index is 1.67. The molecule has 0 aliphatic carbocycles. The fourth-order valence-electron chi connectivity index (χ4n) is 2.79. The second-order valence-electron chi connectivity index (χ2n) is 5.87. The summed E-state index contributed by atoms with van der Waals surface area (Å²) in [7, 11) is 0. The summed E-state index contributed by atoms with van der Waals surface area (Å²) >= 11 is 0. The van der Waals surface area contributed by atoms with Gasteiger partial charge in [0, 0.05) is 17.3 Å². The number of fused-ring (bicyclic) bond motifs is 1. The van der Waals surface area contributed by atoms with Gasteiger partial charge < -0.3 is 15.0 Å². The van der Waals surface area contributed by atoms with Gasteiger partial charge in [0.2, 0.25) is 0 Å². The Bertz CT molecular complexity index is 903. The Morgan fingerprint density at radius 1 is 1.16 bits per heavy atom. The molecule has 128 valence electrons. The highest BCUT2D eigenvalue weighted by Gasteiger charge is 2.05. The Labute approximate surface area is 147 Å². The first-order valence-electron chi connectivity index (χ1n) is 8.35. The minimum Gasteiger partial charge on any atom is -0.494 e. The number of hydrogen-bond donors (Lipinski definition) is 1. The van der Waals surface area contributed by atoms with Gasteiger partial charge in [-0.15, -0.1) is 5.92 Å². The molecule has 1 unspecified atom stereocenters. The minimum absolute atomic E-state index is 0.0826. The first-order valence-corrected chi connectivity index (χ1v) is 8.35. The topological polar surface area (TPSA) is 40.2 Å². The molecule has 0 aliphatic rings. The molecule has 0 fully saturated rings. The van der Waals surface area contributed by atoms with Gasteiger partial charge in [-0.1, -0.05) is 5.92 Å². The van der Waals surface area contributed by atoms with Crippen LogP contribution in [0.1, 0.15) is 19.8 Å². The maximum absolute atomic E-state index is 13.1. The van der Waals surface area contributed by atoms with Crippen LogP contribution in [0.4, 0.5) is 4.39 Å². The predicted molar refractivity (Wildman–Crippen MR) is 99.4 cm³/mol. The molecular weight excluding hydrogens is 315 g/mol. The lowest BCUT2D eigenvalue weighted by Crippen LogP contribution is -2.18. The van der Waals surface area contributed by atoms with E-state index in [1.165, 1.54) is 12.1 Å². The Kier molecular flexibility index (Phi) is 5.37. The molecule has 0 saturated carbocycles. The third-order valence-corrected chi connectivity index (χ3v) is 4.02. The normalized spacial score (nSPS) is 11.8. The van der Waals surface area contributed by atoms with E-state index in [0.29, 0.717) is 6.61 Å². The highest BCUT2D eigenvalue weighted by Crippen LogP contribution is 2.25. The van der Waals surface area contributed by atoms with E-state index in [4.69, 9.17) is 10.5 Å². The molecule has 0 aliphatic heterocycles. The first kappa shape index (κ1) is 17.1. The van der Waals surface area contributed by atoms with Crippen LogP contribution in [0.2, 0.25) is 0 Å². The van der Waals surface area contributed by atoms with Crippen LogP contribution in [-0.4, -0.2) is 17.2 Å². The number of nitrogens with zero attached hydrogens (tertiary/aromatic N) is 1. The highest BCUT2D eigenvalue weighted by molar-refractivity contribution is 5.83. The average molecular weight is 336 g/mol. The standard InChI is InChI=1S/C21H21FN2O/c1-2-4-18(23)5-3-14-25-20-10-11-21-16(15-20)12-13-24(21)19-8-6-17(22)7-9-19/h6-13,15,18H,3,5,14,23H2,1H3. The molecular formula is C21H21FN2O. The number of hydrogen-bond acceptors (Lipinski definition) is 2. The zero-order valence-corrected chi connectivity index (χ0v) is 14.2. The minimum atomic E-state index is -0.236. The molecule has 0 radical (unpaired) electrons. The second-order valence-corrected chi connectivity index (χ2v) is 5.87. The smallest absolute Gasteiger partial charge is 0.123 e. The summed E-state index contributed by atoms with van der Waals surface area (Å²) in [6.07, 6.45) is 3.67. The lowest BCUT2D eigenvalue weighted by Gasteiger charge is -2.09. The van der Waals surface area contributed by atoms with Crippen molar-refractivity contribution in [2.45, 2.75) is 25.8 Å². The van der Waals surface area contributed by atoms with Gasteiger partial charge in [-0.25, -0.2) is 4.39 Å². The molecule has 0 bridgehead atoms. The molecule has 0 amide bonds. The zero-order chi connectivity index (χ0) is 17.6. The molecule has 25 heavy (non-hydrogen) atoms. The summed E-state index contributed by atoms with van der Waals surface area (Å²) in [5.74, 6) is 6.36. The van der Waals surface area contributed by atoms with Crippen molar-refractivity contribution in [1.82, 2.24) is 4.57 Å². The van der Waals surface area contributed by atoms with Gasteiger partial charge in [0.15, 0.2) is 0 Å². The Hall–Kier alpha value is -2.77. The van der Waals surface area contributed by atoms with Crippen LogP contribution in [0, 0.1) is 17.7 Å². The van der Waals surface area contributed by atoms with Crippen molar-refractivity contribution in [3.05, 3.63) is 60.5 Å². The Morgan fingerprint density at radius 2 is 1.96 bits per heavy atom. The van der Waals surface area contributed by atoms with E-state index in [0.717, 1.165) is 35.2 Å². The van der Waals surface area contributed by atoms with Gasteiger partial charge >= 0.3 is 0 Å². The van der Waals surface area contributed by atoms with Crippen LogP contribution in [-0.2, 0) is 0 Å². The van der Waals surface area contributed by atoms with Gasteiger partial charge in [0.05, 0.1) is 18.2 Å². The fraction of sp³-hybridized carbons (Fsp3) is 0.238. The largest absolute Gasteiger partial charge is 0.494 e. The molecule has 0 spiro atoms. The van der Waals surface area contributed by atoms with Crippen LogP contribution >= 0.6 is 0 Å². The zero-order valence-electron chi connectivity index (χ0n) is 14.2. The third-order valence-electron chi connectivity index (χ3n) is 4.02. The summed E-state index contributed by atoms with van der Waals surface area (Å²) in [6, 6.07) is 14.4. The van der Waals surface area contributed by atoms with Crippen LogP contribution in [0.5, 0.6) is 5.75 Å². The molecule has 1 heterocycles. The van der Waals surface area contributed by atoms with Gasteiger partial charge in [0.1, 0.15) is 11.6 Å². The van der Waals surface area contributed by atoms with E-state index in [1.54, 1.807) is 19.1 Å². The maximum atomic E-state index is 13.1. The van der Waals surface area contributed by atoms with Gasteiger partial charge in [-0.2, -0.15) is 0 Å². The summed E-state index contributed by atoms with van der Waals surface area (Å²) in [5.41, 5.74) is 7.83. The van der Waals surface area contributed by atoms with Crippen LogP contribution in [0.25, 0.3) is 16.6 Å². The monoisotopic (exact) mass is 336 g/mol. The molecule has 4 heteroatoms. The molecule has 3 rings (SSSR count). The van der Waals surface area contributed by atoms with Crippen molar-refractivity contribution in [2.24, 2.45) is 5.73 Å². The van der Waals surface area contributed by atoms with E-state index >= 15 is 0 Å².